The topological polar surface area (TPSA) is 0 Å². The van der Waals surface area contributed by atoms with Crippen molar-refractivity contribution < 1.29 is 0 Å². The van der Waals surface area contributed by atoms with Gasteiger partial charge in [-0.1, -0.05) is 84.0 Å². The normalized spacial score (nSPS) is 18.2. The van der Waals surface area contributed by atoms with E-state index >= 15 is 0 Å². The van der Waals surface area contributed by atoms with E-state index in [1.165, 1.54) is 92.1 Å². The Kier molecular flexibility index (Phi) is 12.3. The van der Waals surface area contributed by atoms with Gasteiger partial charge in [0.25, 0.3) is 0 Å². The minimum absolute atomic E-state index is 1.12. The molecule has 1 aliphatic carbocycles. The van der Waals surface area contributed by atoms with Gasteiger partial charge in [-0.3, -0.25) is 0 Å². The Morgan fingerprint density at radius 3 is 1.79 bits per heavy atom. The first-order valence-electron chi connectivity index (χ1n) is 9.17. The van der Waals surface area contributed by atoms with Crippen molar-refractivity contribution in [2.24, 2.45) is 0 Å². The van der Waals surface area contributed by atoms with Gasteiger partial charge in [-0.2, -0.15) is 0 Å². The minimum atomic E-state index is 1.12. The molecule has 0 bridgehead atoms. The van der Waals surface area contributed by atoms with Crippen molar-refractivity contribution in [1.29, 1.82) is 0 Å². The van der Waals surface area contributed by atoms with Gasteiger partial charge < -0.3 is 0 Å². The highest BCUT2D eigenvalue weighted by atomic mass is 31.1. The van der Waals surface area contributed by atoms with Crippen molar-refractivity contribution in [2.75, 3.05) is 6.16 Å². The lowest BCUT2D eigenvalue weighted by molar-refractivity contribution is 0.573. The molecule has 0 aliphatic heterocycles. The second kappa shape index (κ2) is 13.4. The van der Waals surface area contributed by atoms with Gasteiger partial charge in [-0.05, 0) is 31.1 Å². The zero-order valence-electron chi connectivity index (χ0n) is 13.4. The summed E-state index contributed by atoms with van der Waals surface area (Å²) < 4.78 is 0. The zero-order valence-corrected chi connectivity index (χ0v) is 14.4. The van der Waals surface area contributed by atoms with Crippen LogP contribution in [0.4, 0.5) is 0 Å². The van der Waals surface area contributed by atoms with Gasteiger partial charge in [0.15, 0.2) is 0 Å². The SMILES string of the molecule is CCCCCCCCCCCPC1CCCCCC1. The summed E-state index contributed by atoms with van der Waals surface area (Å²) in [5, 5.41) is 0. The van der Waals surface area contributed by atoms with Gasteiger partial charge in [-0.25, -0.2) is 0 Å². The van der Waals surface area contributed by atoms with E-state index < -0.39 is 0 Å². The van der Waals surface area contributed by atoms with Gasteiger partial charge in [0, 0.05) is 0 Å². The lowest BCUT2D eigenvalue weighted by Gasteiger charge is -2.13. The monoisotopic (exact) mass is 284 g/mol. The summed E-state index contributed by atoms with van der Waals surface area (Å²) in [6.45, 7) is 2.30. The average Bonchev–Trinajstić information content (AvgIpc) is 2.69. The molecule has 0 amide bonds. The molecule has 0 nitrogen and oxygen atoms in total. The smallest absolute Gasteiger partial charge is 0.0237 e. The predicted molar refractivity (Wildman–Crippen MR) is 91.9 cm³/mol. The summed E-state index contributed by atoms with van der Waals surface area (Å²) in [6, 6.07) is 0. The predicted octanol–water partition coefficient (Wildman–Crippen LogP) is 6.92. The lowest BCUT2D eigenvalue weighted by Crippen LogP contribution is -1.99. The van der Waals surface area contributed by atoms with Crippen LogP contribution in [0.3, 0.4) is 0 Å². The molecule has 1 saturated carbocycles. The lowest BCUT2D eigenvalue weighted by atomic mass is 10.1. The first kappa shape index (κ1) is 17.5. The summed E-state index contributed by atoms with van der Waals surface area (Å²) in [4.78, 5) is 0. The van der Waals surface area contributed by atoms with E-state index in [9.17, 15) is 0 Å². The number of hydrogen-bond donors (Lipinski definition) is 0. The molecule has 1 atom stereocenters. The fraction of sp³-hybridized carbons (Fsp3) is 1.00. The molecular weight excluding hydrogens is 247 g/mol. The quantitative estimate of drug-likeness (QED) is 0.219. The summed E-state index contributed by atoms with van der Waals surface area (Å²) in [5.74, 6) is 0. The molecule has 0 aromatic carbocycles. The minimum Gasteiger partial charge on any atom is -0.119 e. The van der Waals surface area contributed by atoms with Crippen molar-refractivity contribution in [2.45, 2.75) is 109 Å². The van der Waals surface area contributed by atoms with Gasteiger partial charge in [0.2, 0.25) is 0 Å². The maximum Gasteiger partial charge on any atom is -0.0237 e. The maximum absolute atomic E-state index is 2.30. The van der Waals surface area contributed by atoms with E-state index in [1.54, 1.807) is 19.0 Å². The van der Waals surface area contributed by atoms with E-state index in [-0.39, 0.29) is 0 Å². The summed E-state index contributed by atoms with van der Waals surface area (Å²) in [6.07, 6.45) is 24.0. The first-order chi connectivity index (χ1) is 9.43. The molecule has 0 saturated heterocycles. The largest absolute Gasteiger partial charge is 0.119 e. The Balaban J connectivity index is 1.78. The molecule has 0 heterocycles. The summed E-state index contributed by atoms with van der Waals surface area (Å²) in [5.41, 5.74) is 1.12. The molecule has 0 radical (unpaired) electrons. The number of unbranched alkanes of at least 4 members (excludes halogenated alkanes) is 8. The van der Waals surface area contributed by atoms with Crippen LogP contribution in [0.2, 0.25) is 0 Å². The van der Waals surface area contributed by atoms with E-state index in [0.717, 1.165) is 5.66 Å². The molecule has 114 valence electrons. The van der Waals surface area contributed by atoms with Crippen molar-refractivity contribution in [3.63, 3.8) is 0 Å². The van der Waals surface area contributed by atoms with Crippen LogP contribution in [-0.4, -0.2) is 11.8 Å². The van der Waals surface area contributed by atoms with Crippen LogP contribution in [0.1, 0.15) is 103 Å². The van der Waals surface area contributed by atoms with Crippen LogP contribution in [-0.2, 0) is 0 Å². The molecule has 1 rings (SSSR count). The molecule has 0 aromatic heterocycles. The summed E-state index contributed by atoms with van der Waals surface area (Å²) >= 11 is 0. The van der Waals surface area contributed by atoms with E-state index in [0.29, 0.717) is 0 Å². The molecule has 0 N–H and O–H groups in total. The number of rotatable bonds is 11. The molecule has 1 unspecified atom stereocenters. The van der Waals surface area contributed by atoms with Gasteiger partial charge in [0.05, 0.1) is 0 Å². The van der Waals surface area contributed by atoms with Crippen molar-refractivity contribution in [1.82, 2.24) is 0 Å². The third-order valence-corrected chi connectivity index (χ3v) is 6.37. The molecule has 1 heteroatoms. The van der Waals surface area contributed by atoms with Gasteiger partial charge in [-0.15, -0.1) is 8.58 Å². The second-order valence-electron chi connectivity index (χ2n) is 6.47. The fourth-order valence-electron chi connectivity index (χ4n) is 3.23. The van der Waals surface area contributed by atoms with Crippen LogP contribution >= 0.6 is 8.58 Å². The Bertz CT molecular complexity index is 171. The third-order valence-electron chi connectivity index (χ3n) is 4.57. The van der Waals surface area contributed by atoms with Crippen LogP contribution in [0.25, 0.3) is 0 Å². The Morgan fingerprint density at radius 1 is 0.684 bits per heavy atom. The standard InChI is InChI=1S/C18H37P/c1-2-3-4-5-6-7-8-11-14-17-19-18-15-12-9-10-13-16-18/h18-19H,2-17H2,1H3. The first-order valence-corrected chi connectivity index (χ1v) is 10.5. The van der Waals surface area contributed by atoms with Crippen LogP contribution in [0.15, 0.2) is 0 Å². The molecule has 19 heavy (non-hydrogen) atoms. The fourth-order valence-corrected chi connectivity index (χ4v) is 4.90. The zero-order chi connectivity index (χ0) is 13.6. The molecule has 0 spiro atoms. The van der Waals surface area contributed by atoms with Crippen LogP contribution < -0.4 is 0 Å². The highest BCUT2D eigenvalue weighted by Crippen LogP contribution is 2.32. The highest BCUT2D eigenvalue weighted by Gasteiger charge is 2.11. The highest BCUT2D eigenvalue weighted by molar-refractivity contribution is 7.38. The van der Waals surface area contributed by atoms with E-state index in [2.05, 4.69) is 6.92 Å². The Morgan fingerprint density at radius 2 is 1.21 bits per heavy atom. The van der Waals surface area contributed by atoms with Crippen molar-refractivity contribution in [3.05, 3.63) is 0 Å². The van der Waals surface area contributed by atoms with E-state index in [1.807, 2.05) is 0 Å². The van der Waals surface area contributed by atoms with E-state index in [4.69, 9.17) is 0 Å². The second-order valence-corrected chi connectivity index (χ2v) is 8.20. The molecule has 1 fully saturated rings. The number of hydrogen-bond acceptors (Lipinski definition) is 0. The van der Waals surface area contributed by atoms with Crippen molar-refractivity contribution in [3.8, 4) is 0 Å². The molecule has 1 aliphatic rings. The van der Waals surface area contributed by atoms with Crippen LogP contribution in [0, 0.1) is 0 Å². The van der Waals surface area contributed by atoms with Gasteiger partial charge in [0.1, 0.15) is 0 Å². The third kappa shape index (κ3) is 10.8. The van der Waals surface area contributed by atoms with Crippen LogP contribution in [0.5, 0.6) is 0 Å². The van der Waals surface area contributed by atoms with Crippen molar-refractivity contribution >= 4 is 8.58 Å². The average molecular weight is 284 g/mol. The summed E-state index contributed by atoms with van der Waals surface area (Å²) in [7, 11) is 1.29. The molecular formula is C18H37P. The maximum atomic E-state index is 2.30. The van der Waals surface area contributed by atoms with Gasteiger partial charge >= 0.3 is 0 Å². The Labute approximate surface area is 124 Å². The Hall–Kier alpha value is 0.430. The molecule has 0 aromatic rings.